The third-order valence-electron chi connectivity index (χ3n) is 5.41. The first-order valence-electron chi connectivity index (χ1n) is 9.85. The minimum absolute atomic E-state index is 0.0352. The van der Waals surface area contributed by atoms with Gasteiger partial charge in [-0.25, -0.2) is 12.8 Å². The Bertz CT molecular complexity index is 1080. The second-order valence-corrected chi connectivity index (χ2v) is 10.3. The summed E-state index contributed by atoms with van der Waals surface area (Å²) in [4.78, 5) is 25.7. The highest BCUT2D eigenvalue weighted by Gasteiger charge is 2.32. The van der Waals surface area contributed by atoms with Crippen molar-refractivity contribution in [3.8, 4) is 0 Å². The van der Waals surface area contributed by atoms with Gasteiger partial charge in [0.25, 0.3) is 0 Å². The van der Waals surface area contributed by atoms with E-state index in [0.29, 0.717) is 17.9 Å². The summed E-state index contributed by atoms with van der Waals surface area (Å²) in [5.41, 5.74) is 5.29. The number of likely N-dealkylation sites (tertiary alicyclic amines) is 1. The van der Waals surface area contributed by atoms with Crippen molar-refractivity contribution in [1.82, 2.24) is 9.21 Å². The zero-order chi connectivity index (χ0) is 23.5. The first-order valence-corrected chi connectivity index (χ1v) is 12.0. The van der Waals surface area contributed by atoms with Gasteiger partial charge in [-0.2, -0.15) is 4.31 Å². The number of halogens is 3. The third kappa shape index (κ3) is 5.58. The number of sulfonamides is 1. The van der Waals surface area contributed by atoms with Crippen LogP contribution in [-0.2, 0) is 26.2 Å². The van der Waals surface area contributed by atoms with E-state index in [1.54, 1.807) is 0 Å². The normalized spacial score (nSPS) is 15.2. The maximum Gasteiger partial charge on any atom is 0.243 e. The summed E-state index contributed by atoms with van der Waals surface area (Å²) in [6, 6.07) is 9.49. The predicted octanol–water partition coefficient (Wildman–Crippen LogP) is 3.05. The Morgan fingerprint density at radius 2 is 1.72 bits per heavy atom. The highest BCUT2D eigenvalue weighted by Crippen LogP contribution is 2.26. The molecule has 0 bridgehead atoms. The molecular weight excluding hydrogens is 480 g/mol. The molecule has 32 heavy (non-hydrogen) atoms. The molecule has 7 nitrogen and oxygen atoms in total. The standard InChI is InChI=1S/C21H22Cl2FN3O4S/c22-15-4-6-16(7-5-15)32(30,31)27(12-17-18(23)2-1-3-19(17)24)13-20(28)26-10-8-14(9-11-26)21(25)29/h1-7,14H,8-13H2,(H2,25,29). The lowest BCUT2D eigenvalue weighted by atomic mass is 9.96. The molecule has 172 valence electrons. The molecule has 3 rings (SSSR count). The topological polar surface area (TPSA) is 101 Å². The Hall–Kier alpha value is -2.20. The quantitative estimate of drug-likeness (QED) is 0.629. The Morgan fingerprint density at radius 1 is 1.09 bits per heavy atom. The third-order valence-corrected chi connectivity index (χ3v) is 7.82. The fourth-order valence-corrected chi connectivity index (χ4v) is 5.21. The van der Waals surface area contributed by atoms with Gasteiger partial charge in [0, 0.05) is 41.2 Å². The minimum Gasteiger partial charge on any atom is -0.369 e. The Morgan fingerprint density at radius 3 is 2.28 bits per heavy atom. The van der Waals surface area contributed by atoms with E-state index in [2.05, 4.69) is 0 Å². The lowest BCUT2D eigenvalue weighted by Gasteiger charge is -2.32. The zero-order valence-corrected chi connectivity index (χ0v) is 19.3. The van der Waals surface area contributed by atoms with Crippen LogP contribution in [-0.4, -0.2) is 49.1 Å². The van der Waals surface area contributed by atoms with Gasteiger partial charge in [-0.3, -0.25) is 9.59 Å². The lowest BCUT2D eigenvalue weighted by Crippen LogP contribution is -2.47. The van der Waals surface area contributed by atoms with Crippen molar-refractivity contribution in [1.29, 1.82) is 0 Å². The van der Waals surface area contributed by atoms with Crippen molar-refractivity contribution >= 4 is 45.0 Å². The molecule has 2 aromatic rings. The second kappa shape index (κ2) is 10.2. The summed E-state index contributed by atoms with van der Waals surface area (Å²) < 4.78 is 41.9. The zero-order valence-electron chi connectivity index (χ0n) is 17.0. The largest absolute Gasteiger partial charge is 0.369 e. The summed E-state index contributed by atoms with van der Waals surface area (Å²) in [6.45, 7) is -0.389. The van der Waals surface area contributed by atoms with Crippen LogP contribution in [0.2, 0.25) is 10.0 Å². The molecule has 0 aromatic heterocycles. The number of hydrogen-bond acceptors (Lipinski definition) is 4. The van der Waals surface area contributed by atoms with Gasteiger partial charge < -0.3 is 10.6 Å². The van der Waals surface area contributed by atoms with Crippen LogP contribution >= 0.6 is 23.2 Å². The molecule has 2 aromatic carbocycles. The van der Waals surface area contributed by atoms with Crippen molar-refractivity contribution < 1.29 is 22.4 Å². The van der Waals surface area contributed by atoms with Crippen molar-refractivity contribution in [3.05, 3.63) is 63.9 Å². The number of amides is 2. The molecule has 2 N–H and O–H groups in total. The number of nitrogens with two attached hydrogens (primary N) is 1. The minimum atomic E-state index is -4.18. The van der Waals surface area contributed by atoms with E-state index >= 15 is 0 Å². The lowest BCUT2D eigenvalue weighted by molar-refractivity contribution is -0.135. The van der Waals surface area contributed by atoms with E-state index in [1.165, 1.54) is 47.4 Å². The molecule has 1 aliphatic heterocycles. The molecule has 1 saturated heterocycles. The van der Waals surface area contributed by atoms with Crippen molar-refractivity contribution in [2.75, 3.05) is 19.6 Å². The Balaban J connectivity index is 1.88. The first-order chi connectivity index (χ1) is 15.1. The molecule has 2 amide bonds. The second-order valence-electron chi connectivity index (χ2n) is 7.48. The van der Waals surface area contributed by atoms with E-state index in [-0.39, 0.29) is 34.5 Å². The van der Waals surface area contributed by atoms with Crippen LogP contribution in [0.4, 0.5) is 4.39 Å². The Labute approximate surface area is 195 Å². The van der Waals surface area contributed by atoms with E-state index in [9.17, 15) is 22.4 Å². The maximum absolute atomic E-state index is 14.4. The SMILES string of the molecule is NC(=O)C1CCN(C(=O)CN(Cc2c(F)cccc2Cl)S(=O)(=O)c2ccc(Cl)cc2)CC1. The van der Waals surface area contributed by atoms with Crippen LogP contribution in [0.1, 0.15) is 18.4 Å². The van der Waals surface area contributed by atoms with Crippen LogP contribution in [0.3, 0.4) is 0 Å². The molecule has 0 unspecified atom stereocenters. The Kier molecular flexibility index (Phi) is 7.76. The average Bonchev–Trinajstić information content (AvgIpc) is 2.75. The van der Waals surface area contributed by atoms with Gasteiger partial charge in [0.1, 0.15) is 5.82 Å². The number of hydrogen-bond donors (Lipinski definition) is 1. The number of nitrogens with zero attached hydrogens (tertiary/aromatic N) is 2. The van der Waals surface area contributed by atoms with Crippen LogP contribution in [0, 0.1) is 11.7 Å². The summed E-state index contributed by atoms with van der Waals surface area (Å²) in [6.07, 6.45) is 0.814. The average molecular weight is 502 g/mol. The van der Waals surface area contributed by atoms with Gasteiger partial charge in [0.05, 0.1) is 11.4 Å². The van der Waals surface area contributed by atoms with Crippen LogP contribution < -0.4 is 5.73 Å². The molecule has 11 heteroatoms. The number of carbonyl (C=O) groups excluding carboxylic acids is 2. The smallest absolute Gasteiger partial charge is 0.243 e. The highest BCUT2D eigenvalue weighted by molar-refractivity contribution is 7.89. The summed E-state index contributed by atoms with van der Waals surface area (Å²) in [7, 11) is -4.18. The van der Waals surface area contributed by atoms with Crippen LogP contribution in [0.15, 0.2) is 47.4 Å². The van der Waals surface area contributed by atoms with Crippen molar-refractivity contribution in [2.45, 2.75) is 24.3 Å². The van der Waals surface area contributed by atoms with E-state index in [0.717, 1.165) is 4.31 Å². The molecule has 0 radical (unpaired) electrons. The van der Waals surface area contributed by atoms with E-state index in [1.807, 2.05) is 0 Å². The molecule has 0 spiro atoms. The van der Waals surface area contributed by atoms with Gasteiger partial charge >= 0.3 is 0 Å². The fraction of sp³-hybridized carbons (Fsp3) is 0.333. The molecule has 0 aliphatic carbocycles. The van der Waals surface area contributed by atoms with Crippen LogP contribution in [0.25, 0.3) is 0 Å². The summed E-state index contributed by atoms with van der Waals surface area (Å²) >= 11 is 12.0. The van der Waals surface area contributed by atoms with Gasteiger partial charge in [-0.1, -0.05) is 29.3 Å². The highest BCUT2D eigenvalue weighted by atomic mass is 35.5. The predicted molar refractivity (Wildman–Crippen MR) is 119 cm³/mol. The molecule has 1 aliphatic rings. The molecular formula is C21H22Cl2FN3O4S. The monoisotopic (exact) mass is 501 g/mol. The van der Waals surface area contributed by atoms with Gasteiger partial charge in [0.15, 0.2) is 0 Å². The van der Waals surface area contributed by atoms with E-state index in [4.69, 9.17) is 28.9 Å². The number of rotatable bonds is 7. The number of piperidine rings is 1. The fourth-order valence-electron chi connectivity index (χ4n) is 3.51. The van der Waals surface area contributed by atoms with Crippen molar-refractivity contribution in [3.63, 3.8) is 0 Å². The molecule has 0 saturated carbocycles. The van der Waals surface area contributed by atoms with Gasteiger partial charge in [0.2, 0.25) is 21.8 Å². The summed E-state index contributed by atoms with van der Waals surface area (Å²) in [5.74, 6) is -1.87. The number of carbonyl (C=O) groups is 2. The molecule has 0 atom stereocenters. The molecule has 1 fully saturated rings. The van der Waals surface area contributed by atoms with Gasteiger partial charge in [-0.05, 0) is 49.2 Å². The summed E-state index contributed by atoms with van der Waals surface area (Å²) in [5, 5.41) is 0.400. The first kappa shape index (κ1) is 24.4. The number of benzene rings is 2. The van der Waals surface area contributed by atoms with Gasteiger partial charge in [-0.15, -0.1) is 0 Å². The molecule has 1 heterocycles. The maximum atomic E-state index is 14.4. The van der Waals surface area contributed by atoms with E-state index < -0.39 is 40.7 Å². The van der Waals surface area contributed by atoms with Crippen LogP contribution in [0.5, 0.6) is 0 Å². The number of primary amides is 1. The van der Waals surface area contributed by atoms with Crippen molar-refractivity contribution in [2.24, 2.45) is 11.7 Å².